The molecule has 0 atom stereocenters. The van der Waals surface area contributed by atoms with Crippen LogP contribution in [0.4, 0.5) is 16.2 Å². The van der Waals surface area contributed by atoms with Gasteiger partial charge >= 0.3 is 6.03 Å². The van der Waals surface area contributed by atoms with Crippen molar-refractivity contribution in [3.8, 4) is 0 Å². The fourth-order valence-electron chi connectivity index (χ4n) is 2.62. The summed E-state index contributed by atoms with van der Waals surface area (Å²) in [6.07, 6.45) is 0. The first-order chi connectivity index (χ1) is 11.5. The van der Waals surface area contributed by atoms with E-state index in [2.05, 4.69) is 5.32 Å². The zero-order valence-electron chi connectivity index (χ0n) is 13.3. The van der Waals surface area contributed by atoms with Gasteiger partial charge in [-0.15, -0.1) is 0 Å². The van der Waals surface area contributed by atoms with E-state index in [1.165, 1.54) is 4.90 Å². The normalized spacial score (nSPS) is 14.2. The number of anilines is 2. The van der Waals surface area contributed by atoms with E-state index in [0.29, 0.717) is 23.8 Å². The molecule has 3 amide bonds. The van der Waals surface area contributed by atoms with E-state index in [1.54, 1.807) is 17.0 Å². The molecule has 6 heteroatoms. The van der Waals surface area contributed by atoms with Gasteiger partial charge < -0.3 is 10.2 Å². The second-order valence-corrected chi connectivity index (χ2v) is 6.11. The van der Waals surface area contributed by atoms with Crippen LogP contribution >= 0.6 is 11.6 Å². The molecule has 0 spiro atoms. The Morgan fingerprint density at radius 2 is 1.92 bits per heavy atom. The summed E-state index contributed by atoms with van der Waals surface area (Å²) < 4.78 is 0. The van der Waals surface area contributed by atoms with Gasteiger partial charge in [-0.3, -0.25) is 9.69 Å². The van der Waals surface area contributed by atoms with E-state index in [1.807, 2.05) is 43.3 Å². The van der Waals surface area contributed by atoms with Crippen molar-refractivity contribution in [2.75, 3.05) is 29.9 Å². The summed E-state index contributed by atoms with van der Waals surface area (Å²) in [5.41, 5.74) is 2.42. The molecule has 2 aromatic rings. The van der Waals surface area contributed by atoms with E-state index in [4.69, 9.17) is 11.6 Å². The van der Waals surface area contributed by atoms with Crippen molar-refractivity contribution in [3.63, 3.8) is 0 Å². The summed E-state index contributed by atoms with van der Waals surface area (Å²) in [5.74, 6) is -0.238. The Morgan fingerprint density at radius 1 is 1.17 bits per heavy atom. The minimum Gasteiger partial charge on any atom is -0.324 e. The highest BCUT2D eigenvalue weighted by Gasteiger charge is 2.30. The lowest BCUT2D eigenvalue weighted by atomic mass is 10.2. The monoisotopic (exact) mass is 343 g/mol. The summed E-state index contributed by atoms with van der Waals surface area (Å²) in [6.45, 7) is 3.02. The fraction of sp³-hybridized carbons (Fsp3) is 0.222. The molecule has 1 saturated heterocycles. The first-order valence-electron chi connectivity index (χ1n) is 7.72. The fourth-order valence-corrected chi connectivity index (χ4v) is 2.80. The molecular weight excluding hydrogens is 326 g/mol. The summed E-state index contributed by atoms with van der Waals surface area (Å²) >= 11 is 6.06. The Hall–Kier alpha value is -2.53. The van der Waals surface area contributed by atoms with E-state index < -0.39 is 0 Å². The highest BCUT2D eigenvalue weighted by Crippen LogP contribution is 2.21. The lowest BCUT2D eigenvalue weighted by Gasteiger charge is -2.18. The molecule has 2 aromatic carbocycles. The average molecular weight is 344 g/mol. The topological polar surface area (TPSA) is 52.7 Å². The third-order valence-corrected chi connectivity index (χ3v) is 4.36. The lowest BCUT2D eigenvalue weighted by Crippen LogP contribution is -2.37. The summed E-state index contributed by atoms with van der Waals surface area (Å²) in [7, 11) is 0. The molecule has 0 bridgehead atoms. The maximum atomic E-state index is 12.4. The predicted octanol–water partition coefficient (Wildman–Crippen LogP) is 3.53. The van der Waals surface area contributed by atoms with Gasteiger partial charge in [-0.05, 0) is 36.8 Å². The lowest BCUT2D eigenvalue weighted by molar-refractivity contribution is -0.116. The molecule has 1 heterocycles. The number of hydrogen-bond donors (Lipinski definition) is 1. The molecule has 1 fully saturated rings. The van der Waals surface area contributed by atoms with Crippen LogP contribution in [0.25, 0.3) is 0 Å². The zero-order chi connectivity index (χ0) is 17.1. The molecule has 1 N–H and O–H groups in total. The van der Waals surface area contributed by atoms with Gasteiger partial charge in [0.2, 0.25) is 5.91 Å². The third kappa shape index (κ3) is 3.51. The second kappa shape index (κ2) is 6.93. The molecule has 0 saturated carbocycles. The Balaban J connectivity index is 1.61. The van der Waals surface area contributed by atoms with Crippen molar-refractivity contribution in [1.29, 1.82) is 0 Å². The van der Waals surface area contributed by atoms with Crippen LogP contribution in [0.5, 0.6) is 0 Å². The number of halogens is 1. The van der Waals surface area contributed by atoms with Crippen molar-refractivity contribution in [2.45, 2.75) is 6.92 Å². The molecule has 124 valence electrons. The molecule has 0 radical (unpaired) electrons. The number of rotatable bonds is 4. The van der Waals surface area contributed by atoms with Crippen molar-refractivity contribution in [2.24, 2.45) is 0 Å². The van der Waals surface area contributed by atoms with Gasteiger partial charge in [-0.25, -0.2) is 4.79 Å². The zero-order valence-corrected chi connectivity index (χ0v) is 14.1. The molecule has 0 unspecified atom stereocenters. The van der Waals surface area contributed by atoms with Crippen molar-refractivity contribution >= 4 is 34.9 Å². The Bertz CT molecular complexity index is 764. The predicted molar refractivity (Wildman–Crippen MR) is 95.6 cm³/mol. The first-order valence-corrected chi connectivity index (χ1v) is 8.10. The third-order valence-electron chi connectivity index (χ3n) is 3.95. The largest absolute Gasteiger partial charge is 0.325 e. The second-order valence-electron chi connectivity index (χ2n) is 5.70. The number of benzene rings is 2. The van der Waals surface area contributed by atoms with Crippen molar-refractivity contribution in [3.05, 3.63) is 59.1 Å². The maximum Gasteiger partial charge on any atom is 0.325 e. The first kappa shape index (κ1) is 16.3. The van der Waals surface area contributed by atoms with Gasteiger partial charge in [0.25, 0.3) is 0 Å². The van der Waals surface area contributed by atoms with Gasteiger partial charge in [-0.2, -0.15) is 0 Å². The number of amides is 3. The minimum absolute atomic E-state index is 0.0215. The number of nitrogens with one attached hydrogen (secondary N) is 1. The van der Waals surface area contributed by atoms with Crippen LogP contribution in [0, 0.1) is 6.92 Å². The number of hydrogen-bond acceptors (Lipinski definition) is 2. The molecule has 1 aliphatic rings. The molecule has 1 aliphatic heterocycles. The van der Waals surface area contributed by atoms with Crippen LogP contribution < -0.4 is 10.2 Å². The van der Waals surface area contributed by atoms with Gasteiger partial charge in [0.15, 0.2) is 0 Å². The smallest absolute Gasteiger partial charge is 0.324 e. The van der Waals surface area contributed by atoms with Crippen molar-refractivity contribution < 1.29 is 9.59 Å². The van der Waals surface area contributed by atoms with Crippen molar-refractivity contribution in [1.82, 2.24) is 4.90 Å². The molecular formula is C18H18ClN3O2. The average Bonchev–Trinajstić information content (AvgIpc) is 2.92. The highest BCUT2D eigenvalue weighted by molar-refractivity contribution is 6.31. The number of aryl methyl sites for hydroxylation is 1. The van der Waals surface area contributed by atoms with Crippen LogP contribution in [0.1, 0.15) is 5.56 Å². The Morgan fingerprint density at radius 3 is 2.62 bits per heavy atom. The van der Waals surface area contributed by atoms with Gasteiger partial charge in [0.1, 0.15) is 6.54 Å². The molecule has 0 aliphatic carbocycles. The van der Waals surface area contributed by atoms with Crippen LogP contribution in [0.15, 0.2) is 48.5 Å². The van der Waals surface area contributed by atoms with Gasteiger partial charge in [0, 0.05) is 29.5 Å². The van der Waals surface area contributed by atoms with E-state index >= 15 is 0 Å². The quantitative estimate of drug-likeness (QED) is 0.923. The van der Waals surface area contributed by atoms with Crippen LogP contribution in [0.2, 0.25) is 5.02 Å². The number of carbonyl (C=O) groups excluding carboxylic acids is 2. The number of urea groups is 1. The van der Waals surface area contributed by atoms with Crippen LogP contribution in [-0.4, -0.2) is 36.5 Å². The molecule has 24 heavy (non-hydrogen) atoms. The number of carbonyl (C=O) groups is 2. The maximum absolute atomic E-state index is 12.4. The molecule has 5 nitrogen and oxygen atoms in total. The van der Waals surface area contributed by atoms with Crippen LogP contribution in [-0.2, 0) is 4.79 Å². The van der Waals surface area contributed by atoms with Gasteiger partial charge in [-0.1, -0.05) is 35.9 Å². The number of nitrogens with zero attached hydrogens (tertiary/aromatic N) is 2. The SMILES string of the molecule is Cc1ccc(NC(=O)CN2CCN(c3ccccc3)C2=O)cc1Cl. The van der Waals surface area contributed by atoms with Crippen LogP contribution in [0.3, 0.4) is 0 Å². The number of para-hydroxylation sites is 1. The summed E-state index contributed by atoms with van der Waals surface area (Å²) in [6, 6.07) is 14.6. The Labute approximate surface area is 145 Å². The highest BCUT2D eigenvalue weighted by atomic mass is 35.5. The van der Waals surface area contributed by atoms with E-state index in [0.717, 1.165) is 11.3 Å². The molecule has 0 aromatic heterocycles. The van der Waals surface area contributed by atoms with E-state index in [9.17, 15) is 9.59 Å². The summed E-state index contributed by atoms with van der Waals surface area (Å²) in [5, 5.41) is 3.37. The summed E-state index contributed by atoms with van der Waals surface area (Å²) in [4.78, 5) is 27.8. The molecule has 3 rings (SSSR count). The van der Waals surface area contributed by atoms with E-state index in [-0.39, 0.29) is 18.5 Å². The minimum atomic E-state index is -0.238. The standard InChI is InChI=1S/C18H18ClN3O2/c1-13-7-8-14(11-16(13)19)20-17(23)12-21-9-10-22(18(21)24)15-5-3-2-4-6-15/h2-8,11H,9-10,12H2,1H3,(H,20,23). The van der Waals surface area contributed by atoms with Gasteiger partial charge in [0.05, 0.1) is 0 Å². The Kier molecular flexibility index (Phi) is 4.71.